The zero-order valence-corrected chi connectivity index (χ0v) is 12.2. The van der Waals surface area contributed by atoms with Crippen LogP contribution < -0.4 is 10.2 Å². The molecule has 1 N–H and O–H groups in total. The number of nitrogens with zero attached hydrogens (tertiary/aromatic N) is 1. The molecule has 0 aliphatic rings. The van der Waals surface area contributed by atoms with Crippen molar-refractivity contribution in [2.45, 2.75) is 20.0 Å². The highest BCUT2D eigenvalue weighted by atomic mass is 32.1. The zero-order valence-electron chi connectivity index (χ0n) is 11.4. The molecule has 0 saturated carbocycles. The third-order valence-electron chi connectivity index (χ3n) is 2.61. The van der Waals surface area contributed by atoms with Crippen molar-refractivity contribution >= 4 is 23.5 Å². The summed E-state index contributed by atoms with van der Waals surface area (Å²) in [6.07, 6.45) is 1.01. The average molecular weight is 288 g/mol. The molecule has 20 heavy (non-hydrogen) atoms. The van der Waals surface area contributed by atoms with E-state index in [2.05, 4.69) is 10.5 Å². The Hall–Kier alpha value is -2.14. The number of hydrogen-bond acceptors (Lipinski definition) is 4. The topological polar surface area (TPSA) is 50.7 Å². The lowest BCUT2D eigenvalue weighted by Crippen LogP contribution is -2.33. The monoisotopic (exact) mass is 288 g/mol. The summed E-state index contributed by atoms with van der Waals surface area (Å²) in [5, 5.41) is 5.85. The van der Waals surface area contributed by atoms with Crippen molar-refractivity contribution in [3.8, 4) is 5.75 Å². The molecule has 1 unspecified atom stereocenters. The molecule has 0 radical (unpaired) electrons. The fourth-order valence-electron chi connectivity index (χ4n) is 1.49. The maximum Gasteiger partial charge on any atom is 0.280 e. The Kier molecular flexibility index (Phi) is 4.90. The number of carbonyl (C=O) groups excluding carboxylic acids is 1. The van der Waals surface area contributed by atoms with Crippen LogP contribution in [0.25, 0.3) is 0 Å². The number of nitrogens with one attached hydrogen (secondary N) is 1. The number of rotatable bonds is 5. The molecule has 0 fully saturated rings. The predicted molar refractivity (Wildman–Crippen MR) is 81.3 cm³/mol. The van der Waals surface area contributed by atoms with Crippen molar-refractivity contribution < 1.29 is 9.53 Å². The number of hydrazone groups is 1. The molecule has 0 spiro atoms. The maximum absolute atomic E-state index is 11.8. The van der Waals surface area contributed by atoms with Gasteiger partial charge in [-0.05, 0) is 37.4 Å². The van der Waals surface area contributed by atoms with E-state index >= 15 is 0 Å². The van der Waals surface area contributed by atoms with E-state index in [1.807, 2.05) is 48.7 Å². The summed E-state index contributed by atoms with van der Waals surface area (Å²) in [7, 11) is 0. The van der Waals surface area contributed by atoms with Crippen molar-refractivity contribution in [2.75, 3.05) is 0 Å². The molecule has 0 aliphatic heterocycles. The largest absolute Gasteiger partial charge is 0.481 e. The molecule has 1 heterocycles. The van der Waals surface area contributed by atoms with Crippen LogP contribution in [0.4, 0.5) is 0 Å². The van der Waals surface area contributed by atoms with Gasteiger partial charge in [0.2, 0.25) is 0 Å². The van der Waals surface area contributed by atoms with Crippen LogP contribution in [-0.4, -0.2) is 18.2 Å². The molecule has 2 aromatic rings. The van der Waals surface area contributed by atoms with Gasteiger partial charge in [0.15, 0.2) is 6.10 Å². The Morgan fingerprint density at radius 3 is 2.75 bits per heavy atom. The quantitative estimate of drug-likeness (QED) is 0.679. The van der Waals surface area contributed by atoms with Crippen molar-refractivity contribution in [1.29, 1.82) is 0 Å². The van der Waals surface area contributed by atoms with Crippen LogP contribution in [0.2, 0.25) is 0 Å². The van der Waals surface area contributed by atoms with Crippen LogP contribution in [0.1, 0.15) is 17.4 Å². The lowest BCUT2D eigenvalue weighted by molar-refractivity contribution is -0.127. The van der Waals surface area contributed by atoms with Crippen LogP contribution in [-0.2, 0) is 4.79 Å². The number of ether oxygens (including phenoxy) is 1. The van der Waals surface area contributed by atoms with Crippen molar-refractivity contribution in [1.82, 2.24) is 5.43 Å². The van der Waals surface area contributed by atoms with Crippen LogP contribution in [0.15, 0.2) is 46.9 Å². The van der Waals surface area contributed by atoms with E-state index in [4.69, 9.17) is 4.74 Å². The Labute approximate surface area is 122 Å². The number of aryl methyl sites for hydroxylation is 1. The van der Waals surface area contributed by atoms with E-state index < -0.39 is 6.10 Å². The molecule has 2 rings (SSSR count). The van der Waals surface area contributed by atoms with Gasteiger partial charge in [0.1, 0.15) is 5.75 Å². The Bertz CT molecular complexity index is 576. The molecule has 0 saturated heterocycles. The second kappa shape index (κ2) is 6.86. The fraction of sp³-hybridized carbons (Fsp3) is 0.200. The van der Waals surface area contributed by atoms with Gasteiger partial charge in [0, 0.05) is 4.88 Å². The molecule has 104 valence electrons. The van der Waals surface area contributed by atoms with Crippen LogP contribution in [0.5, 0.6) is 5.75 Å². The summed E-state index contributed by atoms with van der Waals surface area (Å²) in [6, 6.07) is 11.4. The summed E-state index contributed by atoms with van der Waals surface area (Å²) in [6.45, 7) is 3.69. The van der Waals surface area contributed by atoms with Gasteiger partial charge in [0.25, 0.3) is 5.91 Å². The van der Waals surface area contributed by atoms with Gasteiger partial charge in [-0.3, -0.25) is 4.79 Å². The first-order valence-corrected chi connectivity index (χ1v) is 7.13. The van der Waals surface area contributed by atoms with Gasteiger partial charge < -0.3 is 4.74 Å². The standard InChI is InChI=1S/C15H16N2O2S/c1-11-5-7-13(8-6-11)19-12(2)15(18)17-16-10-14-4-3-9-20-14/h3-10,12H,1-2H3,(H,17,18). The highest BCUT2D eigenvalue weighted by molar-refractivity contribution is 7.11. The minimum atomic E-state index is -0.599. The second-order valence-electron chi connectivity index (χ2n) is 4.32. The van der Waals surface area contributed by atoms with Crippen LogP contribution >= 0.6 is 11.3 Å². The average Bonchev–Trinajstić information content (AvgIpc) is 2.94. The van der Waals surface area contributed by atoms with Gasteiger partial charge in [-0.2, -0.15) is 5.10 Å². The first kappa shape index (κ1) is 14.3. The minimum Gasteiger partial charge on any atom is -0.481 e. The first-order chi connectivity index (χ1) is 9.65. The number of carbonyl (C=O) groups is 1. The number of hydrogen-bond donors (Lipinski definition) is 1. The van der Waals surface area contributed by atoms with E-state index in [-0.39, 0.29) is 5.91 Å². The third-order valence-corrected chi connectivity index (χ3v) is 3.42. The molecule has 0 aliphatic carbocycles. The predicted octanol–water partition coefficient (Wildman–Crippen LogP) is 2.97. The molecule has 1 aromatic heterocycles. The first-order valence-electron chi connectivity index (χ1n) is 6.25. The van der Waals surface area contributed by atoms with Crippen LogP contribution in [0, 0.1) is 6.92 Å². The van der Waals surface area contributed by atoms with Crippen molar-refractivity contribution in [2.24, 2.45) is 5.10 Å². The summed E-state index contributed by atoms with van der Waals surface area (Å²) in [4.78, 5) is 12.8. The summed E-state index contributed by atoms with van der Waals surface area (Å²) in [5.41, 5.74) is 3.61. The molecule has 1 atom stereocenters. The minimum absolute atomic E-state index is 0.279. The third kappa shape index (κ3) is 4.20. The normalized spacial score (nSPS) is 12.3. The maximum atomic E-state index is 11.8. The van der Waals surface area contributed by atoms with Gasteiger partial charge >= 0.3 is 0 Å². The summed E-state index contributed by atoms with van der Waals surface area (Å²) < 4.78 is 5.54. The van der Waals surface area contributed by atoms with E-state index in [9.17, 15) is 4.79 Å². The van der Waals surface area contributed by atoms with Gasteiger partial charge in [0.05, 0.1) is 6.21 Å². The number of benzene rings is 1. The number of amides is 1. The number of thiophene rings is 1. The molecule has 5 heteroatoms. The lowest BCUT2D eigenvalue weighted by atomic mass is 10.2. The molecule has 4 nitrogen and oxygen atoms in total. The molecular formula is C15H16N2O2S. The Morgan fingerprint density at radius 1 is 1.35 bits per heavy atom. The fourth-order valence-corrected chi connectivity index (χ4v) is 2.07. The zero-order chi connectivity index (χ0) is 14.4. The lowest BCUT2D eigenvalue weighted by Gasteiger charge is -2.12. The molecular weight excluding hydrogens is 272 g/mol. The highest BCUT2D eigenvalue weighted by Gasteiger charge is 2.13. The van der Waals surface area contributed by atoms with Gasteiger partial charge in [-0.1, -0.05) is 23.8 Å². The second-order valence-corrected chi connectivity index (χ2v) is 5.30. The smallest absolute Gasteiger partial charge is 0.280 e. The Balaban J connectivity index is 1.84. The molecule has 1 aromatic carbocycles. The Morgan fingerprint density at radius 2 is 2.10 bits per heavy atom. The van der Waals surface area contributed by atoms with Crippen molar-refractivity contribution in [3.63, 3.8) is 0 Å². The van der Waals surface area contributed by atoms with Gasteiger partial charge in [-0.15, -0.1) is 11.3 Å². The highest BCUT2D eigenvalue weighted by Crippen LogP contribution is 2.13. The summed E-state index contributed by atoms with van der Waals surface area (Å²) in [5.74, 6) is 0.388. The molecule has 0 bridgehead atoms. The van der Waals surface area contributed by atoms with E-state index in [1.165, 1.54) is 0 Å². The summed E-state index contributed by atoms with van der Waals surface area (Å²) >= 11 is 1.56. The van der Waals surface area contributed by atoms with E-state index in [1.54, 1.807) is 24.5 Å². The van der Waals surface area contributed by atoms with E-state index in [0.717, 1.165) is 10.4 Å². The van der Waals surface area contributed by atoms with Crippen molar-refractivity contribution in [3.05, 3.63) is 52.2 Å². The van der Waals surface area contributed by atoms with E-state index in [0.29, 0.717) is 5.75 Å². The molecule has 1 amide bonds. The van der Waals surface area contributed by atoms with Crippen LogP contribution in [0.3, 0.4) is 0 Å². The van der Waals surface area contributed by atoms with Gasteiger partial charge in [-0.25, -0.2) is 5.43 Å². The SMILES string of the molecule is Cc1ccc(OC(C)C(=O)NN=Cc2cccs2)cc1.